The van der Waals surface area contributed by atoms with Gasteiger partial charge in [0, 0.05) is 23.0 Å². The average molecular weight is 339 g/mol. The highest BCUT2D eigenvalue weighted by molar-refractivity contribution is 6.06. The van der Waals surface area contributed by atoms with Crippen LogP contribution in [-0.2, 0) is 0 Å². The number of halogens is 1. The van der Waals surface area contributed by atoms with Gasteiger partial charge in [0.25, 0.3) is 11.5 Å². The first-order chi connectivity index (χ1) is 11.9. The molecule has 0 bridgehead atoms. The van der Waals surface area contributed by atoms with E-state index in [0.717, 1.165) is 6.07 Å². The number of nitrogens with one attached hydrogen (secondary N) is 2. The van der Waals surface area contributed by atoms with Crippen LogP contribution in [0.5, 0.6) is 5.75 Å². The van der Waals surface area contributed by atoms with Crippen LogP contribution in [0.25, 0.3) is 11.4 Å². The molecule has 7 heteroatoms. The lowest BCUT2D eigenvalue weighted by Crippen LogP contribution is -2.14. The molecule has 1 amide bonds. The van der Waals surface area contributed by atoms with E-state index in [0.29, 0.717) is 22.8 Å². The summed E-state index contributed by atoms with van der Waals surface area (Å²) in [5, 5.41) is 12.2. The van der Waals surface area contributed by atoms with Gasteiger partial charge in [0.2, 0.25) is 0 Å². The number of hydrogen-bond donors (Lipinski definition) is 3. The van der Waals surface area contributed by atoms with Crippen LogP contribution in [-0.4, -0.2) is 21.0 Å². The monoisotopic (exact) mass is 339 g/mol. The lowest BCUT2D eigenvalue weighted by molar-refractivity contribution is 0.102. The minimum absolute atomic E-state index is 0.255. The van der Waals surface area contributed by atoms with E-state index in [-0.39, 0.29) is 5.56 Å². The number of carbonyl (C=O) groups is 1. The number of anilines is 1. The van der Waals surface area contributed by atoms with Gasteiger partial charge in [-0.3, -0.25) is 9.59 Å². The van der Waals surface area contributed by atoms with Crippen LogP contribution in [0, 0.1) is 12.7 Å². The maximum Gasteiger partial charge on any atom is 0.262 e. The van der Waals surface area contributed by atoms with Crippen molar-refractivity contribution in [3.8, 4) is 17.1 Å². The van der Waals surface area contributed by atoms with E-state index in [9.17, 15) is 19.1 Å². The van der Waals surface area contributed by atoms with Crippen LogP contribution in [0.3, 0.4) is 0 Å². The predicted octanol–water partition coefficient (Wildman–Crippen LogP) is 2.84. The molecule has 0 aliphatic carbocycles. The number of benzene rings is 2. The minimum Gasteiger partial charge on any atom is -0.507 e. The first-order valence-electron chi connectivity index (χ1n) is 7.41. The number of carbonyl (C=O) groups excluding carboxylic acids is 1. The molecule has 0 atom stereocenters. The lowest BCUT2D eigenvalue weighted by Gasteiger charge is -2.08. The Bertz CT molecular complexity index is 977. The molecule has 0 saturated carbocycles. The molecular weight excluding hydrogens is 325 g/mol. The Hall–Kier alpha value is -3.48. The maximum absolute atomic E-state index is 13.7. The number of aromatic hydroxyl groups is 1. The zero-order valence-electron chi connectivity index (χ0n) is 13.2. The highest BCUT2D eigenvalue weighted by atomic mass is 19.1. The molecule has 2 aromatic carbocycles. The summed E-state index contributed by atoms with van der Waals surface area (Å²) in [6.07, 6.45) is 0. The summed E-state index contributed by atoms with van der Waals surface area (Å²) in [6.45, 7) is 1.72. The molecule has 126 valence electrons. The Balaban J connectivity index is 1.83. The van der Waals surface area contributed by atoms with Crippen LogP contribution in [0.4, 0.5) is 10.1 Å². The molecule has 3 rings (SSSR count). The van der Waals surface area contributed by atoms with Gasteiger partial charge in [-0.1, -0.05) is 6.07 Å². The van der Waals surface area contributed by atoms with E-state index in [4.69, 9.17) is 0 Å². The number of H-pyrrole nitrogens is 1. The van der Waals surface area contributed by atoms with E-state index < -0.39 is 23.0 Å². The molecule has 1 heterocycles. The fraction of sp³-hybridized carbons (Fsp3) is 0.0556. The number of amides is 1. The second-order valence-corrected chi connectivity index (χ2v) is 5.40. The minimum atomic E-state index is -0.810. The molecule has 3 N–H and O–H groups in total. The fourth-order valence-corrected chi connectivity index (χ4v) is 2.36. The van der Waals surface area contributed by atoms with E-state index in [1.165, 1.54) is 18.2 Å². The summed E-state index contributed by atoms with van der Waals surface area (Å²) in [7, 11) is 0. The van der Waals surface area contributed by atoms with Gasteiger partial charge in [-0.15, -0.1) is 0 Å². The number of phenols is 1. The Labute approximate surface area is 142 Å². The smallest absolute Gasteiger partial charge is 0.262 e. The zero-order valence-corrected chi connectivity index (χ0v) is 13.2. The van der Waals surface area contributed by atoms with E-state index in [2.05, 4.69) is 15.3 Å². The van der Waals surface area contributed by atoms with Gasteiger partial charge < -0.3 is 15.4 Å². The molecule has 1 aromatic heterocycles. The van der Waals surface area contributed by atoms with Gasteiger partial charge in [-0.25, -0.2) is 9.37 Å². The Morgan fingerprint density at radius 3 is 2.56 bits per heavy atom. The molecule has 3 aromatic rings. The van der Waals surface area contributed by atoms with Crippen molar-refractivity contribution in [1.82, 2.24) is 9.97 Å². The van der Waals surface area contributed by atoms with Crippen molar-refractivity contribution in [2.45, 2.75) is 6.92 Å². The number of aromatic amines is 1. The summed E-state index contributed by atoms with van der Waals surface area (Å²) in [4.78, 5) is 30.5. The number of phenolic OH excluding ortho intramolecular Hbond substituents is 1. The average Bonchev–Trinajstić information content (AvgIpc) is 2.54. The topological polar surface area (TPSA) is 95.1 Å². The summed E-state index contributed by atoms with van der Waals surface area (Å²) in [5.41, 5.74) is 0.983. The third-order valence-corrected chi connectivity index (χ3v) is 3.50. The van der Waals surface area contributed by atoms with Crippen molar-refractivity contribution in [3.63, 3.8) is 0 Å². The SMILES string of the molecule is Cc1cc(=O)[nH]c(-c2ccc(NC(=O)c3c(O)cccc3F)cc2)n1. The third-order valence-electron chi connectivity index (χ3n) is 3.50. The van der Waals surface area contributed by atoms with E-state index in [1.807, 2.05) is 0 Å². The lowest BCUT2D eigenvalue weighted by atomic mass is 10.1. The van der Waals surface area contributed by atoms with Crippen LogP contribution >= 0.6 is 0 Å². The number of hydrogen-bond acceptors (Lipinski definition) is 4. The largest absolute Gasteiger partial charge is 0.507 e. The molecule has 0 spiro atoms. The Morgan fingerprint density at radius 2 is 1.92 bits per heavy atom. The molecule has 0 radical (unpaired) electrons. The van der Waals surface area contributed by atoms with Gasteiger partial charge >= 0.3 is 0 Å². The van der Waals surface area contributed by atoms with Gasteiger partial charge in [0.15, 0.2) is 0 Å². The first kappa shape index (κ1) is 16.4. The summed E-state index contributed by atoms with van der Waals surface area (Å²) < 4.78 is 13.7. The zero-order chi connectivity index (χ0) is 18.0. The van der Waals surface area contributed by atoms with Gasteiger partial charge in [0.05, 0.1) is 0 Å². The van der Waals surface area contributed by atoms with Crippen LogP contribution in [0.15, 0.2) is 53.3 Å². The summed E-state index contributed by atoms with van der Waals surface area (Å²) in [6, 6.07) is 11.5. The number of aromatic nitrogens is 2. The first-order valence-corrected chi connectivity index (χ1v) is 7.41. The van der Waals surface area contributed by atoms with Crippen molar-refractivity contribution in [2.75, 3.05) is 5.32 Å². The highest BCUT2D eigenvalue weighted by Crippen LogP contribution is 2.22. The highest BCUT2D eigenvalue weighted by Gasteiger charge is 2.16. The molecule has 0 unspecified atom stereocenters. The summed E-state index contributed by atoms with van der Waals surface area (Å²) in [5.74, 6) is -1.59. The van der Waals surface area contributed by atoms with Crippen molar-refractivity contribution < 1.29 is 14.3 Å². The van der Waals surface area contributed by atoms with Gasteiger partial charge in [0.1, 0.15) is 23.0 Å². The van der Waals surface area contributed by atoms with Gasteiger partial charge in [-0.05, 0) is 43.3 Å². The quantitative estimate of drug-likeness (QED) is 0.684. The Morgan fingerprint density at radius 1 is 1.20 bits per heavy atom. The van der Waals surface area contributed by atoms with Crippen molar-refractivity contribution >= 4 is 11.6 Å². The molecule has 0 aliphatic heterocycles. The predicted molar refractivity (Wildman–Crippen MR) is 91.0 cm³/mol. The van der Waals surface area contributed by atoms with Crippen LogP contribution in [0.2, 0.25) is 0 Å². The molecule has 25 heavy (non-hydrogen) atoms. The van der Waals surface area contributed by atoms with E-state index in [1.54, 1.807) is 31.2 Å². The molecule has 6 nitrogen and oxygen atoms in total. The van der Waals surface area contributed by atoms with Crippen LogP contribution < -0.4 is 10.9 Å². The van der Waals surface area contributed by atoms with Gasteiger partial charge in [-0.2, -0.15) is 0 Å². The van der Waals surface area contributed by atoms with Crippen molar-refractivity contribution in [1.29, 1.82) is 0 Å². The fourth-order valence-electron chi connectivity index (χ4n) is 2.36. The third kappa shape index (κ3) is 3.55. The second-order valence-electron chi connectivity index (χ2n) is 5.40. The van der Waals surface area contributed by atoms with Crippen molar-refractivity contribution in [3.05, 3.63) is 76.0 Å². The molecule has 0 saturated heterocycles. The normalized spacial score (nSPS) is 10.5. The van der Waals surface area contributed by atoms with Crippen LogP contribution in [0.1, 0.15) is 16.1 Å². The standard InChI is InChI=1S/C18H14FN3O3/c1-10-9-15(24)22-17(20-10)11-5-7-12(8-6-11)21-18(25)16-13(19)3-2-4-14(16)23/h2-9,23H,1H3,(H,21,25)(H,20,22,24). The molecule has 0 aliphatic rings. The number of rotatable bonds is 3. The number of nitrogens with zero attached hydrogens (tertiary/aromatic N) is 1. The second kappa shape index (κ2) is 6.56. The van der Waals surface area contributed by atoms with E-state index >= 15 is 0 Å². The number of aryl methyl sites for hydroxylation is 1. The maximum atomic E-state index is 13.7. The summed E-state index contributed by atoms with van der Waals surface area (Å²) >= 11 is 0. The molecular formula is C18H14FN3O3. The molecule has 0 fully saturated rings. The van der Waals surface area contributed by atoms with Crippen molar-refractivity contribution in [2.24, 2.45) is 0 Å². The Kier molecular flexibility index (Phi) is 4.30.